The molecule has 1 heterocycles. The van der Waals surface area contributed by atoms with Gasteiger partial charge in [0.15, 0.2) is 0 Å². The number of thiazole rings is 1. The molecule has 0 aliphatic carbocycles. The first kappa shape index (κ1) is 27.3. The first-order valence-corrected chi connectivity index (χ1v) is 12.7. The standard InChI is InChI=1S/C26H40N2O4S/c1-7-26(8-2,19-11-13-20(14-12-19)32-17-9-10-23(30)28-31)24-27-21(18(3)33-24)15-16-22(29)25(4,5)6/h11-14,22,29,31H,7-10,15-17H2,1-6H3,(H,28,30). The molecule has 2 rings (SSSR count). The van der Waals surface area contributed by atoms with Gasteiger partial charge in [-0.25, -0.2) is 10.5 Å². The molecule has 1 amide bonds. The summed E-state index contributed by atoms with van der Waals surface area (Å²) in [4.78, 5) is 17.4. The van der Waals surface area contributed by atoms with Gasteiger partial charge >= 0.3 is 0 Å². The highest BCUT2D eigenvalue weighted by molar-refractivity contribution is 7.11. The summed E-state index contributed by atoms with van der Waals surface area (Å²) >= 11 is 1.77. The second-order valence-corrected chi connectivity index (χ2v) is 10.9. The SMILES string of the molecule is CCC(CC)(c1ccc(OCCCC(=O)NO)cc1)c1nc(CCC(O)C(C)(C)C)c(C)s1. The summed E-state index contributed by atoms with van der Waals surface area (Å²) in [6.45, 7) is 13.2. The van der Waals surface area contributed by atoms with E-state index in [9.17, 15) is 9.90 Å². The van der Waals surface area contributed by atoms with Crippen LogP contribution >= 0.6 is 11.3 Å². The molecule has 3 N–H and O–H groups in total. The molecule has 0 fully saturated rings. The fourth-order valence-electron chi connectivity index (χ4n) is 4.00. The first-order valence-electron chi connectivity index (χ1n) is 11.9. The van der Waals surface area contributed by atoms with E-state index in [4.69, 9.17) is 14.9 Å². The van der Waals surface area contributed by atoms with Gasteiger partial charge in [0.1, 0.15) is 10.8 Å². The van der Waals surface area contributed by atoms with Crippen molar-refractivity contribution in [3.05, 3.63) is 45.4 Å². The van der Waals surface area contributed by atoms with Crippen molar-refractivity contribution in [3.63, 3.8) is 0 Å². The topological polar surface area (TPSA) is 91.7 Å². The Kier molecular flexibility index (Phi) is 9.88. The third kappa shape index (κ3) is 7.01. The number of hydrogen-bond donors (Lipinski definition) is 3. The van der Waals surface area contributed by atoms with Crippen LogP contribution in [0.3, 0.4) is 0 Å². The largest absolute Gasteiger partial charge is 0.494 e. The van der Waals surface area contributed by atoms with Crippen molar-refractivity contribution in [2.24, 2.45) is 5.41 Å². The van der Waals surface area contributed by atoms with Gasteiger partial charge in [-0.3, -0.25) is 10.0 Å². The summed E-state index contributed by atoms with van der Waals surface area (Å²) in [5.74, 6) is 0.354. The lowest BCUT2D eigenvalue weighted by molar-refractivity contribution is -0.129. The minimum Gasteiger partial charge on any atom is -0.494 e. The second kappa shape index (κ2) is 12.0. The van der Waals surface area contributed by atoms with E-state index < -0.39 is 5.91 Å². The Morgan fingerprint density at radius 2 is 1.82 bits per heavy atom. The smallest absolute Gasteiger partial charge is 0.243 e. The molecule has 0 bridgehead atoms. The number of hydrogen-bond acceptors (Lipinski definition) is 6. The van der Waals surface area contributed by atoms with E-state index in [0.717, 1.165) is 35.7 Å². The van der Waals surface area contributed by atoms with Crippen LogP contribution < -0.4 is 10.2 Å². The first-order chi connectivity index (χ1) is 15.6. The molecule has 7 heteroatoms. The molecular formula is C26H40N2O4S. The molecular weight excluding hydrogens is 436 g/mol. The Bertz CT molecular complexity index is 883. The maximum absolute atomic E-state index is 11.1. The van der Waals surface area contributed by atoms with Crippen LogP contribution in [0, 0.1) is 12.3 Å². The number of nitrogens with one attached hydrogen (secondary N) is 1. The summed E-state index contributed by atoms with van der Waals surface area (Å²) in [6, 6.07) is 8.18. The maximum atomic E-state index is 11.1. The lowest BCUT2D eigenvalue weighted by atomic mass is 9.76. The number of hydroxylamine groups is 1. The molecule has 6 nitrogen and oxygen atoms in total. The van der Waals surface area contributed by atoms with E-state index in [2.05, 4.69) is 53.7 Å². The third-order valence-electron chi connectivity index (χ3n) is 6.51. The predicted octanol–water partition coefficient (Wildman–Crippen LogP) is 5.56. The number of aliphatic hydroxyl groups excluding tert-OH is 1. The maximum Gasteiger partial charge on any atom is 0.243 e. The Morgan fingerprint density at radius 3 is 2.36 bits per heavy atom. The highest BCUT2D eigenvalue weighted by Gasteiger charge is 2.34. The molecule has 1 unspecified atom stereocenters. The van der Waals surface area contributed by atoms with Crippen molar-refractivity contribution in [2.75, 3.05) is 6.61 Å². The van der Waals surface area contributed by atoms with Crippen LogP contribution in [0.4, 0.5) is 0 Å². The van der Waals surface area contributed by atoms with Gasteiger partial charge < -0.3 is 9.84 Å². The number of rotatable bonds is 12. The van der Waals surface area contributed by atoms with Crippen LogP contribution in [0.25, 0.3) is 0 Å². The molecule has 1 aromatic heterocycles. The van der Waals surface area contributed by atoms with Crippen molar-refractivity contribution in [3.8, 4) is 5.75 Å². The summed E-state index contributed by atoms with van der Waals surface area (Å²) < 4.78 is 5.75. The van der Waals surface area contributed by atoms with Crippen molar-refractivity contribution in [1.82, 2.24) is 10.5 Å². The van der Waals surface area contributed by atoms with Crippen molar-refractivity contribution in [2.45, 2.75) is 91.6 Å². The minimum absolute atomic E-state index is 0.127. The van der Waals surface area contributed by atoms with Gasteiger partial charge in [-0.1, -0.05) is 46.8 Å². The van der Waals surface area contributed by atoms with E-state index in [1.807, 2.05) is 12.1 Å². The number of carbonyl (C=O) groups excluding carboxylic acids is 1. The predicted molar refractivity (Wildman–Crippen MR) is 133 cm³/mol. The number of benzene rings is 1. The molecule has 0 saturated carbocycles. The van der Waals surface area contributed by atoms with E-state index in [0.29, 0.717) is 19.4 Å². The number of aromatic nitrogens is 1. The monoisotopic (exact) mass is 476 g/mol. The number of amides is 1. The minimum atomic E-state index is -0.407. The van der Waals surface area contributed by atoms with Crippen molar-refractivity contribution < 1.29 is 19.8 Å². The third-order valence-corrected chi connectivity index (χ3v) is 7.73. The van der Waals surface area contributed by atoms with Gasteiger partial charge in [0, 0.05) is 16.7 Å². The van der Waals surface area contributed by atoms with E-state index in [1.54, 1.807) is 16.8 Å². The van der Waals surface area contributed by atoms with Gasteiger partial charge in [0.05, 0.1) is 18.4 Å². The molecule has 1 atom stereocenters. The van der Waals surface area contributed by atoms with Crippen LogP contribution in [0.5, 0.6) is 5.75 Å². The summed E-state index contributed by atoms with van der Waals surface area (Å²) in [6.07, 6.45) is 3.79. The van der Waals surface area contributed by atoms with Crippen LogP contribution in [-0.2, 0) is 16.6 Å². The van der Waals surface area contributed by atoms with E-state index in [-0.39, 0.29) is 23.4 Å². The Morgan fingerprint density at radius 1 is 1.18 bits per heavy atom. The molecule has 33 heavy (non-hydrogen) atoms. The molecule has 184 valence electrons. The van der Waals surface area contributed by atoms with Crippen LogP contribution in [-0.4, -0.2) is 33.9 Å². The summed E-state index contributed by atoms with van der Waals surface area (Å²) in [7, 11) is 0. The average Bonchev–Trinajstić information content (AvgIpc) is 3.17. The van der Waals surface area contributed by atoms with Gasteiger partial charge in [0.25, 0.3) is 0 Å². The summed E-state index contributed by atoms with van der Waals surface area (Å²) in [5, 5.41) is 20.1. The van der Waals surface area contributed by atoms with Crippen molar-refractivity contribution in [1.29, 1.82) is 0 Å². The lowest BCUT2D eigenvalue weighted by Gasteiger charge is -2.30. The van der Waals surface area contributed by atoms with Crippen LogP contribution in [0.15, 0.2) is 24.3 Å². The van der Waals surface area contributed by atoms with E-state index >= 15 is 0 Å². The highest BCUT2D eigenvalue weighted by Crippen LogP contribution is 2.42. The number of aryl methyl sites for hydroxylation is 2. The van der Waals surface area contributed by atoms with Gasteiger partial charge in [-0.2, -0.15) is 0 Å². The van der Waals surface area contributed by atoms with Gasteiger partial charge in [0.2, 0.25) is 5.91 Å². The molecule has 1 aromatic carbocycles. The zero-order chi connectivity index (χ0) is 24.6. The van der Waals surface area contributed by atoms with Gasteiger partial charge in [-0.15, -0.1) is 11.3 Å². The highest BCUT2D eigenvalue weighted by atomic mass is 32.1. The fraction of sp³-hybridized carbons (Fsp3) is 0.615. The van der Waals surface area contributed by atoms with Crippen molar-refractivity contribution >= 4 is 17.2 Å². The Balaban J connectivity index is 2.15. The molecule has 0 aliphatic heterocycles. The zero-order valence-corrected chi connectivity index (χ0v) is 21.7. The number of aliphatic hydroxyl groups is 1. The molecule has 0 radical (unpaired) electrons. The number of nitrogens with zero attached hydrogens (tertiary/aromatic N) is 1. The normalized spacial score (nSPS) is 13.1. The molecule has 0 aliphatic rings. The summed E-state index contributed by atoms with van der Waals surface area (Å²) in [5.41, 5.74) is 3.66. The zero-order valence-electron chi connectivity index (χ0n) is 20.9. The number of ether oxygens (including phenoxy) is 1. The van der Waals surface area contributed by atoms with E-state index in [1.165, 1.54) is 10.4 Å². The lowest BCUT2D eigenvalue weighted by Crippen LogP contribution is -2.27. The molecule has 0 saturated heterocycles. The molecule has 2 aromatic rings. The average molecular weight is 477 g/mol. The fourth-order valence-corrected chi connectivity index (χ4v) is 5.32. The Hall–Kier alpha value is -1.96. The van der Waals surface area contributed by atoms with Crippen LogP contribution in [0.2, 0.25) is 0 Å². The van der Waals surface area contributed by atoms with Gasteiger partial charge in [-0.05, 0) is 62.1 Å². The van der Waals surface area contributed by atoms with Crippen LogP contribution in [0.1, 0.15) is 87.9 Å². The number of carbonyl (C=O) groups is 1. The quantitative estimate of drug-likeness (QED) is 0.212. The second-order valence-electron chi connectivity index (χ2n) is 9.74. The Labute approximate surface area is 202 Å². The molecule has 0 spiro atoms.